The number of hydrogen-bond acceptors (Lipinski definition) is 3. The highest BCUT2D eigenvalue weighted by molar-refractivity contribution is 4.97. The lowest BCUT2D eigenvalue weighted by molar-refractivity contribution is 0.0947. The smallest absolute Gasteiger partial charge is 0.0733 e. The highest BCUT2D eigenvalue weighted by Crippen LogP contribution is 2.34. The van der Waals surface area contributed by atoms with E-state index in [1.807, 2.05) is 0 Å². The van der Waals surface area contributed by atoms with Crippen molar-refractivity contribution >= 4 is 0 Å². The number of hydrogen-bond donors (Lipinski definition) is 2. The zero-order valence-corrected chi connectivity index (χ0v) is 7.25. The maximum Gasteiger partial charge on any atom is 0.0733 e. The van der Waals surface area contributed by atoms with Crippen molar-refractivity contribution in [2.75, 3.05) is 13.1 Å². The third kappa shape index (κ3) is 1.08. The molecule has 3 nitrogen and oxygen atoms in total. The second-order valence-corrected chi connectivity index (χ2v) is 4.24. The fraction of sp³-hybridized carbons (Fsp3) is 1.00. The van der Waals surface area contributed by atoms with Gasteiger partial charge < -0.3 is 15.4 Å². The molecule has 3 aliphatic heterocycles. The number of fused-ring (bicyclic) bond motifs is 2. The van der Waals surface area contributed by atoms with Crippen molar-refractivity contribution in [3.8, 4) is 0 Å². The van der Waals surface area contributed by atoms with Gasteiger partial charge in [0.2, 0.25) is 0 Å². The lowest BCUT2D eigenvalue weighted by atomic mass is 9.94. The van der Waals surface area contributed by atoms with Gasteiger partial charge in [0.05, 0.1) is 12.2 Å². The van der Waals surface area contributed by atoms with Crippen LogP contribution in [0.3, 0.4) is 0 Å². The maximum absolute atomic E-state index is 5.77. The first-order chi connectivity index (χ1) is 5.92. The Bertz CT molecular complexity index is 181. The SMILES string of the molecule is C1NCC1NC1CC2CCC1O2. The molecule has 3 saturated heterocycles. The van der Waals surface area contributed by atoms with Crippen LogP contribution in [0, 0.1) is 0 Å². The van der Waals surface area contributed by atoms with Crippen molar-refractivity contribution < 1.29 is 4.74 Å². The molecule has 3 rings (SSSR count). The van der Waals surface area contributed by atoms with E-state index in [0.717, 1.165) is 19.1 Å². The van der Waals surface area contributed by atoms with E-state index in [0.29, 0.717) is 18.2 Å². The van der Waals surface area contributed by atoms with E-state index in [9.17, 15) is 0 Å². The number of rotatable bonds is 2. The Labute approximate surface area is 72.9 Å². The van der Waals surface area contributed by atoms with Crippen molar-refractivity contribution in [1.29, 1.82) is 0 Å². The normalized spacial score (nSPS) is 46.5. The van der Waals surface area contributed by atoms with Crippen LogP contribution in [0.2, 0.25) is 0 Å². The van der Waals surface area contributed by atoms with Gasteiger partial charge in [-0.15, -0.1) is 0 Å². The average molecular weight is 168 g/mol. The molecule has 0 radical (unpaired) electrons. The Kier molecular flexibility index (Phi) is 1.63. The molecule has 0 saturated carbocycles. The number of nitrogens with one attached hydrogen (secondary N) is 2. The van der Waals surface area contributed by atoms with Crippen LogP contribution in [0.4, 0.5) is 0 Å². The Hall–Kier alpha value is -0.120. The van der Waals surface area contributed by atoms with Crippen molar-refractivity contribution in [3.05, 3.63) is 0 Å². The molecule has 3 aliphatic rings. The van der Waals surface area contributed by atoms with Crippen LogP contribution in [0.1, 0.15) is 19.3 Å². The minimum Gasteiger partial charge on any atom is -0.373 e. The average Bonchev–Trinajstić information content (AvgIpc) is 2.56. The van der Waals surface area contributed by atoms with E-state index in [4.69, 9.17) is 4.74 Å². The standard InChI is InChI=1S/C9H16N2O/c1-2-9-8(3-7(1)12-9)11-6-4-10-5-6/h6-11H,1-5H2. The van der Waals surface area contributed by atoms with Gasteiger partial charge in [-0.3, -0.25) is 0 Å². The zero-order chi connectivity index (χ0) is 7.97. The van der Waals surface area contributed by atoms with Crippen LogP contribution in [-0.2, 0) is 4.74 Å². The topological polar surface area (TPSA) is 33.3 Å². The Morgan fingerprint density at radius 2 is 2.17 bits per heavy atom. The summed E-state index contributed by atoms with van der Waals surface area (Å²) >= 11 is 0. The first-order valence-corrected chi connectivity index (χ1v) is 5.04. The van der Waals surface area contributed by atoms with Crippen LogP contribution in [-0.4, -0.2) is 37.4 Å². The Balaban J connectivity index is 1.56. The van der Waals surface area contributed by atoms with Crippen molar-refractivity contribution in [3.63, 3.8) is 0 Å². The zero-order valence-electron chi connectivity index (χ0n) is 7.25. The molecule has 0 spiro atoms. The molecule has 2 bridgehead atoms. The van der Waals surface area contributed by atoms with Crippen LogP contribution < -0.4 is 10.6 Å². The fourth-order valence-corrected chi connectivity index (χ4v) is 2.52. The Morgan fingerprint density at radius 3 is 2.67 bits per heavy atom. The summed E-state index contributed by atoms with van der Waals surface area (Å²) in [6.45, 7) is 2.29. The lowest BCUT2D eigenvalue weighted by Crippen LogP contribution is -2.59. The van der Waals surface area contributed by atoms with E-state index < -0.39 is 0 Å². The molecule has 3 fully saturated rings. The molecule has 3 heteroatoms. The van der Waals surface area contributed by atoms with Crippen LogP contribution >= 0.6 is 0 Å². The highest BCUT2D eigenvalue weighted by atomic mass is 16.5. The van der Waals surface area contributed by atoms with E-state index in [-0.39, 0.29) is 0 Å². The van der Waals surface area contributed by atoms with Crippen LogP contribution in [0.25, 0.3) is 0 Å². The Morgan fingerprint density at radius 1 is 1.25 bits per heavy atom. The summed E-state index contributed by atoms with van der Waals surface area (Å²) in [4.78, 5) is 0. The number of ether oxygens (including phenoxy) is 1. The summed E-state index contributed by atoms with van der Waals surface area (Å²) in [6.07, 6.45) is 4.95. The summed E-state index contributed by atoms with van der Waals surface area (Å²) in [7, 11) is 0. The van der Waals surface area contributed by atoms with Gasteiger partial charge in [0.1, 0.15) is 0 Å². The summed E-state index contributed by atoms with van der Waals surface area (Å²) in [5, 5.41) is 6.94. The van der Waals surface area contributed by atoms with Gasteiger partial charge in [-0.1, -0.05) is 0 Å². The van der Waals surface area contributed by atoms with Gasteiger partial charge >= 0.3 is 0 Å². The summed E-state index contributed by atoms with van der Waals surface area (Å²) in [5.74, 6) is 0. The molecule has 0 amide bonds. The summed E-state index contributed by atoms with van der Waals surface area (Å²) in [6, 6.07) is 1.38. The van der Waals surface area contributed by atoms with Crippen molar-refractivity contribution in [1.82, 2.24) is 10.6 Å². The molecule has 3 heterocycles. The molecule has 0 aliphatic carbocycles. The molecule has 0 aromatic carbocycles. The molecule has 0 aromatic heterocycles. The van der Waals surface area contributed by atoms with E-state index in [1.54, 1.807) is 0 Å². The van der Waals surface area contributed by atoms with Crippen LogP contribution in [0.5, 0.6) is 0 Å². The molecule has 2 N–H and O–H groups in total. The molecule has 68 valence electrons. The molecule has 3 unspecified atom stereocenters. The van der Waals surface area contributed by atoms with Gasteiger partial charge in [0, 0.05) is 25.2 Å². The van der Waals surface area contributed by atoms with Gasteiger partial charge in [-0.05, 0) is 19.3 Å². The second-order valence-electron chi connectivity index (χ2n) is 4.24. The first-order valence-electron chi connectivity index (χ1n) is 5.04. The van der Waals surface area contributed by atoms with Gasteiger partial charge in [-0.25, -0.2) is 0 Å². The fourth-order valence-electron chi connectivity index (χ4n) is 2.52. The van der Waals surface area contributed by atoms with E-state index >= 15 is 0 Å². The quantitative estimate of drug-likeness (QED) is 0.602. The highest BCUT2D eigenvalue weighted by Gasteiger charge is 2.41. The third-order valence-electron chi connectivity index (χ3n) is 3.34. The monoisotopic (exact) mass is 168 g/mol. The third-order valence-corrected chi connectivity index (χ3v) is 3.34. The molecule has 3 atom stereocenters. The van der Waals surface area contributed by atoms with Crippen molar-refractivity contribution in [2.45, 2.75) is 43.6 Å². The predicted molar refractivity (Wildman–Crippen MR) is 46.1 cm³/mol. The van der Waals surface area contributed by atoms with Crippen molar-refractivity contribution in [2.24, 2.45) is 0 Å². The molecule has 12 heavy (non-hydrogen) atoms. The minimum absolute atomic E-state index is 0.538. The molecule has 0 aromatic rings. The molecular weight excluding hydrogens is 152 g/mol. The predicted octanol–water partition coefficient (Wildman–Crippen LogP) is -0.132. The maximum atomic E-state index is 5.77. The summed E-state index contributed by atoms with van der Waals surface area (Å²) < 4.78 is 5.77. The van der Waals surface area contributed by atoms with Gasteiger partial charge in [0.15, 0.2) is 0 Å². The van der Waals surface area contributed by atoms with Crippen LogP contribution in [0.15, 0.2) is 0 Å². The van der Waals surface area contributed by atoms with E-state index in [2.05, 4.69) is 10.6 Å². The summed E-state index contributed by atoms with van der Waals surface area (Å²) in [5.41, 5.74) is 0. The first kappa shape index (κ1) is 7.30. The van der Waals surface area contributed by atoms with E-state index in [1.165, 1.54) is 19.3 Å². The minimum atomic E-state index is 0.538. The lowest BCUT2D eigenvalue weighted by Gasteiger charge is -2.33. The van der Waals surface area contributed by atoms with Gasteiger partial charge in [-0.2, -0.15) is 0 Å². The largest absolute Gasteiger partial charge is 0.373 e. The van der Waals surface area contributed by atoms with Gasteiger partial charge in [0.25, 0.3) is 0 Å². The second kappa shape index (κ2) is 2.69. The molecular formula is C9H16N2O.